The fourth-order valence-corrected chi connectivity index (χ4v) is 3.20. The number of amides is 3. The van der Waals surface area contributed by atoms with E-state index < -0.39 is 24.0 Å². The molecule has 2 aromatic heterocycles. The molecule has 1 aliphatic heterocycles. The van der Waals surface area contributed by atoms with Crippen molar-refractivity contribution < 1.29 is 19.1 Å². The molecule has 1 aliphatic rings. The Morgan fingerprint density at radius 1 is 1.44 bits per heavy atom. The zero-order chi connectivity index (χ0) is 18.0. The Hall–Kier alpha value is -2.75. The molecule has 0 saturated carbocycles. The number of rotatable bonds is 5. The fraction of sp³-hybridized carbons (Fsp3) is 0.400. The van der Waals surface area contributed by atoms with Crippen molar-refractivity contribution in [2.45, 2.75) is 26.0 Å². The number of carbonyl (C=O) groups excluding carboxylic acids is 3. The molecule has 0 aliphatic carbocycles. The molecule has 132 valence electrons. The molecule has 1 atom stereocenters. The zero-order valence-electron chi connectivity index (χ0n) is 13.4. The normalized spacial score (nSPS) is 15.2. The van der Waals surface area contributed by atoms with Crippen LogP contribution in [0, 0.1) is 0 Å². The Bertz CT molecular complexity index is 889. The van der Waals surface area contributed by atoms with Gasteiger partial charge in [-0.25, -0.2) is 9.78 Å². The van der Waals surface area contributed by atoms with Crippen LogP contribution in [-0.4, -0.2) is 51.6 Å². The summed E-state index contributed by atoms with van der Waals surface area (Å²) < 4.78 is 6.39. The molecule has 0 spiro atoms. The van der Waals surface area contributed by atoms with E-state index in [-0.39, 0.29) is 25.1 Å². The maximum Gasteiger partial charge on any atom is 0.324 e. The van der Waals surface area contributed by atoms with Crippen LogP contribution in [-0.2, 0) is 20.9 Å². The Morgan fingerprint density at radius 2 is 2.24 bits per heavy atom. The van der Waals surface area contributed by atoms with Crippen LogP contribution in [0.4, 0.5) is 4.79 Å². The van der Waals surface area contributed by atoms with E-state index in [4.69, 9.17) is 4.74 Å². The van der Waals surface area contributed by atoms with Gasteiger partial charge in [0.15, 0.2) is 6.10 Å². The van der Waals surface area contributed by atoms with Gasteiger partial charge in [-0.2, -0.15) is 0 Å². The monoisotopic (exact) mass is 364 g/mol. The molecule has 25 heavy (non-hydrogen) atoms. The average molecular weight is 364 g/mol. The highest BCUT2D eigenvalue weighted by atomic mass is 32.1. The van der Waals surface area contributed by atoms with Gasteiger partial charge in [0.25, 0.3) is 11.5 Å². The second-order valence-corrected chi connectivity index (χ2v) is 6.38. The lowest BCUT2D eigenvalue weighted by Gasteiger charge is -2.18. The van der Waals surface area contributed by atoms with Gasteiger partial charge in [-0.15, -0.1) is 11.3 Å². The molecule has 0 bridgehead atoms. The molecule has 2 aromatic rings. The molecule has 10 heteroatoms. The van der Waals surface area contributed by atoms with Crippen molar-refractivity contribution in [3.8, 4) is 0 Å². The molecule has 9 nitrogen and oxygen atoms in total. The van der Waals surface area contributed by atoms with Crippen molar-refractivity contribution in [3.05, 3.63) is 28.1 Å². The molecular weight excluding hydrogens is 348 g/mol. The third-order valence-electron chi connectivity index (χ3n) is 3.79. The van der Waals surface area contributed by atoms with Crippen molar-refractivity contribution >= 4 is 39.5 Å². The zero-order valence-corrected chi connectivity index (χ0v) is 14.2. The van der Waals surface area contributed by atoms with Crippen LogP contribution in [0.5, 0.6) is 0 Å². The van der Waals surface area contributed by atoms with Gasteiger partial charge in [-0.1, -0.05) is 0 Å². The summed E-state index contributed by atoms with van der Waals surface area (Å²) in [6.07, 6.45) is 0.240. The van der Waals surface area contributed by atoms with Crippen molar-refractivity contribution in [3.63, 3.8) is 0 Å². The second-order valence-electron chi connectivity index (χ2n) is 5.49. The number of hydrogen-bond donors (Lipinski definition) is 1. The predicted octanol–water partition coefficient (Wildman–Crippen LogP) is 0.332. The van der Waals surface area contributed by atoms with Crippen LogP contribution in [0.1, 0.15) is 13.3 Å². The smallest absolute Gasteiger partial charge is 0.324 e. The summed E-state index contributed by atoms with van der Waals surface area (Å²) in [4.78, 5) is 53.5. The summed E-state index contributed by atoms with van der Waals surface area (Å²) in [5.74, 6) is -1.19. The van der Waals surface area contributed by atoms with E-state index in [9.17, 15) is 19.2 Å². The maximum atomic E-state index is 12.2. The summed E-state index contributed by atoms with van der Waals surface area (Å²) in [5.41, 5.74) is -0.225. The number of aromatic nitrogens is 2. The molecule has 3 heterocycles. The number of esters is 1. The van der Waals surface area contributed by atoms with Gasteiger partial charge in [-0.05, 0) is 18.4 Å². The van der Waals surface area contributed by atoms with Gasteiger partial charge in [-0.3, -0.25) is 23.9 Å². The number of carbonyl (C=O) groups is 3. The molecule has 3 rings (SSSR count). The Kier molecular flexibility index (Phi) is 4.79. The van der Waals surface area contributed by atoms with Crippen LogP contribution in [0.3, 0.4) is 0 Å². The van der Waals surface area contributed by atoms with Crippen LogP contribution in [0.25, 0.3) is 10.2 Å². The van der Waals surface area contributed by atoms with Crippen molar-refractivity contribution in [1.82, 2.24) is 19.8 Å². The van der Waals surface area contributed by atoms with Gasteiger partial charge in [0.05, 0.1) is 18.1 Å². The third kappa shape index (κ3) is 3.53. The molecule has 0 radical (unpaired) electrons. The lowest BCUT2D eigenvalue weighted by molar-refractivity contribution is -0.157. The number of hydrogen-bond acceptors (Lipinski definition) is 7. The quantitative estimate of drug-likeness (QED) is 0.766. The minimum atomic E-state index is -1.06. The van der Waals surface area contributed by atoms with Gasteiger partial charge >= 0.3 is 12.0 Å². The van der Waals surface area contributed by atoms with Gasteiger partial charge < -0.3 is 10.1 Å². The summed E-state index contributed by atoms with van der Waals surface area (Å²) in [7, 11) is 0. The molecule has 3 amide bonds. The summed E-state index contributed by atoms with van der Waals surface area (Å²) in [6.45, 7) is 2.14. The van der Waals surface area contributed by atoms with E-state index in [1.807, 2.05) is 0 Å². The highest BCUT2D eigenvalue weighted by Gasteiger charge is 2.31. The van der Waals surface area contributed by atoms with E-state index in [1.54, 1.807) is 11.4 Å². The predicted molar refractivity (Wildman–Crippen MR) is 89.2 cm³/mol. The van der Waals surface area contributed by atoms with Gasteiger partial charge in [0.1, 0.15) is 4.83 Å². The van der Waals surface area contributed by atoms with Crippen LogP contribution in [0.2, 0.25) is 0 Å². The van der Waals surface area contributed by atoms with Crippen molar-refractivity contribution in [2.75, 3.05) is 13.1 Å². The van der Waals surface area contributed by atoms with Gasteiger partial charge in [0.2, 0.25) is 0 Å². The number of fused-ring (bicyclic) bond motifs is 1. The van der Waals surface area contributed by atoms with E-state index >= 15 is 0 Å². The molecule has 0 unspecified atom stereocenters. The highest BCUT2D eigenvalue weighted by molar-refractivity contribution is 7.16. The number of ether oxygens (including phenoxy) is 1. The van der Waals surface area contributed by atoms with Crippen molar-refractivity contribution in [2.24, 2.45) is 0 Å². The lowest BCUT2D eigenvalue weighted by atomic mass is 10.3. The highest BCUT2D eigenvalue weighted by Crippen LogP contribution is 2.13. The molecule has 1 saturated heterocycles. The van der Waals surface area contributed by atoms with E-state index in [0.29, 0.717) is 16.8 Å². The first-order valence-corrected chi connectivity index (χ1v) is 8.56. The molecular formula is C15H16N4O5S. The number of thiophene rings is 1. The van der Waals surface area contributed by atoms with Gasteiger partial charge in [0, 0.05) is 19.6 Å². The second kappa shape index (κ2) is 7.01. The Morgan fingerprint density at radius 3 is 2.96 bits per heavy atom. The van der Waals surface area contributed by atoms with E-state index in [1.165, 1.54) is 29.2 Å². The van der Waals surface area contributed by atoms with Crippen LogP contribution < -0.4 is 10.9 Å². The topological polar surface area (TPSA) is 111 Å². The Balaban J connectivity index is 1.57. The summed E-state index contributed by atoms with van der Waals surface area (Å²) in [6, 6.07) is 1.20. The SMILES string of the molecule is C[C@@H](OC(=O)CCn1cnc2sccc2c1=O)C(=O)N1CCNC1=O. The third-order valence-corrected chi connectivity index (χ3v) is 4.61. The standard InChI is InChI=1S/C15H16N4O5S/c1-9(13(21)19-6-4-16-15(19)23)24-11(20)2-5-18-8-17-12-10(14(18)22)3-7-25-12/h3,7-9H,2,4-6H2,1H3,(H,16,23)/t9-/m1/s1. The number of urea groups is 1. The number of aryl methyl sites for hydroxylation is 1. The van der Waals surface area contributed by atoms with Crippen molar-refractivity contribution in [1.29, 1.82) is 0 Å². The lowest BCUT2D eigenvalue weighted by Crippen LogP contribution is -2.41. The molecule has 1 fully saturated rings. The first kappa shape index (κ1) is 17.1. The first-order chi connectivity index (χ1) is 12.0. The van der Waals surface area contributed by atoms with Crippen LogP contribution >= 0.6 is 11.3 Å². The first-order valence-electron chi connectivity index (χ1n) is 7.68. The largest absolute Gasteiger partial charge is 0.452 e. The van der Waals surface area contributed by atoms with Crippen LogP contribution in [0.15, 0.2) is 22.6 Å². The summed E-state index contributed by atoms with van der Waals surface area (Å²) in [5, 5.41) is 4.79. The van der Waals surface area contributed by atoms with E-state index in [2.05, 4.69) is 10.3 Å². The number of imide groups is 1. The average Bonchev–Trinajstić information content (AvgIpc) is 3.22. The Labute approximate surface area is 146 Å². The number of nitrogens with one attached hydrogen (secondary N) is 1. The summed E-state index contributed by atoms with van der Waals surface area (Å²) >= 11 is 1.37. The fourth-order valence-electron chi connectivity index (χ4n) is 2.47. The minimum absolute atomic E-state index is 0.0823. The number of nitrogens with zero attached hydrogens (tertiary/aromatic N) is 3. The minimum Gasteiger partial charge on any atom is -0.452 e. The van der Waals surface area contributed by atoms with E-state index in [0.717, 1.165) is 4.90 Å². The molecule has 0 aromatic carbocycles. The molecule has 1 N–H and O–H groups in total. The maximum absolute atomic E-state index is 12.2.